The first-order valence-corrected chi connectivity index (χ1v) is 5.98. The first-order valence-electron chi connectivity index (χ1n) is 5.98. The topological polar surface area (TPSA) is 55.8 Å². The van der Waals surface area contributed by atoms with Crippen LogP contribution in [0.1, 0.15) is 46.5 Å². The fraction of sp³-hybridized carbons (Fsp3) is 0.917. The van der Waals surface area contributed by atoms with E-state index >= 15 is 0 Å². The number of esters is 1. The lowest BCUT2D eigenvalue weighted by Gasteiger charge is -2.39. The molecule has 1 saturated heterocycles. The summed E-state index contributed by atoms with van der Waals surface area (Å²) in [7, 11) is 0. The molecule has 0 spiro atoms. The highest BCUT2D eigenvalue weighted by Gasteiger charge is 2.36. The molecule has 0 aromatic heterocycles. The SMILES string of the molecule is CCOC(=O)CCC1(O)CC(C)OC(C)C1. The third-order valence-corrected chi connectivity index (χ3v) is 2.90. The predicted molar refractivity (Wildman–Crippen MR) is 60.1 cm³/mol. The van der Waals surface area contributed by atoms with Gasteiger partial charge in [0, 0.05) is 19.3 Å². The van der Waals surface area contributed by atoms with Crippen molar-refractivity contribution >= 4 is 5.97 Å². The van der Waals surface area contributed by atoms with Crippen molar-refractivity contribution < 1.29 is 19.4 Å². The highest BCUT2D eigenvalue weighted by molar-refractivity contribution is 5.69. The van der Waals surface area contributed by atoms with Crippen molar-refractivity contribution in [2.24, 2.45) is 0 Å². The van der Waals surface area contributed by atoms with E-state index < -0.39 is 5.60 Å². The molecule has 94 valence electrons. The Balaban J connectivity index is 2.41. The quantitative estimate of drug-likeness (QED) is 0.746. The van der Waals surface area contributed by atoms with E-state index in [1.807, 2.05) is 13.8 Å². The molecule has 0 aliphatic carbocycles. The minimum Gasteiger partial charge on any atom is -0.466 e. The van der Waals surface area contributed by atoms with Gasteiger partial charge in [0.2, 0.25) is 0 Å². The summed E-state index contributed by atoms with van der Waals surface area (Å²) in [5, 5.41) is 10.3. The van der Waals surface area contributed by atoms with Crippen LogP contribution in [0, 0.1) is 0 Å². The van der Waals surface area contributed by atoms with Gasteiger partial charge in [-0.05, 0) is 27.2 Å². The molecule has 2 atom stereocenters. The first kappa shape index (κ1) is 13.5. The normalized spacial score (nSPS) is 34.8. The second kappa shape index (κ2) is 5.64. The molecule has 1 fully saturated rings. The summed E-state index contributed by atoms with van der Waals surface area (Å²) in [6.45, 7) is 6.08. The van der Waals surface area contributed by atoms with E-state index in [1.54, 1.807) is 6.92 Å². The van der Waals surface area contributed by atoms with Crippen LogP contribution in [0.5, 0.6) is 0 Å². The van der Waals surface area contributed by atoms with Gasteiger partial charge in [-0.15, -0.1) is 0 Å². The Morgan fingerprint density at radius 1 is 1.44 bits per heavy atom. The highest BCUT2D eigenvalue weighted by atomic mass is 16.5. The molecular formula is C12H22O4. The van der Waals surface area contributed by atoms with Crippen LogP contribution in [-0.4, -0.2) is 35.5 Å². The van der Waals surface area contributed by atoms with Crippen LogP contribution in [-0.2, 0) is 14.3 Å². The minimum absolute atomic E-state index is 0.0518. The fourth-order valence-electron chi connectivity index (χ4n) is 2.42. The smallest absolute Gasteiger partial charge is 0.305 e. The molecule has 16 heavy (non-hydrogen) atoms. The average molecular weight is 230 g/mol. The van der Waals surface area contributed by atoms with Gasteiger partial charge in [-0.1, -0.05) is 0 Å². The van der Waals surface area contributed by atoms with E-state index in [1.165, 1.54) is 0 Å². The Hall–Kier alpha value is -0.610. The van der Waals surface area contributed by atoms with Crippen LogP contribution in [0.15, 0.2) is 0 Å². The van der Waals surface area contributed by atoms with Crippen molar-refractivity contribution in [3.05, 3.63) is 0 Å². The standard InChI is InChI=1S/C12H22O4/c1-4-15-11(13)5-6-12(14)7-9(2)16-10(3)8-12/h9-10,14H,4-8H2,1-3H3. The molecule has 1 N–H and O–H groups in total. The first-order chi connectivity index (χ1) is 7.45. The maximum absolute atomic E-state index is 11.2. The molecule has 0 aromatic carbocycles. The zero-order valence-electron chi connectivity index (χ0n) is 10.4. The van der Waals surface area contributed by atoms with Crippen LogP contribution in [0.25, 0.3) is 0 Å². The van der Waals surface area contributed by atoms with Crippen LogP contribution in [0.4, 0.5) is 0 Å². The molecular weight excluding hydrogens is 208 g/mol. The maximum atomic E-state index is 11.2. The average Bonchev–Trinajstić information content (AvgIpc) is 2.13. The summed E-state index contributed by atoms with van der Waals surface area (Å²) < 4.78 is 10.4. The van der Waals surface area contributed by atoms with Gasteiger partial charge in [0.25, 0.3) is 0 Å². The van der Waals surface area contributed by atoms with Crippen molar-refractivity contribution in [3.63, 3.8) is 0 Å². The van der Waals surface area contributed by atoms with E-state index in [-0.39, 0.29) is 24.6 Å². The third-order valence-electron chi connectivity index (χ3n) is 2.90. The number of carbonyl (C=O) groups is 1. The van der Waals surface area contributed by atoms with E-state index in [9.17, 15) is 9.90 Å². The highest BCUT2D eigenvalue weighted by Crippen LogP contribution is 2.32. The van der Waals surface area contributed by atoms with Crippen LogP contribution in [0.2, 0.25) is 0 Å². The minimum atomic E-state index is -0.774. The van der Waals surface area contributed by atoms with E-state index in [0.29, 0.717) is 25.9 Å². The van der Waals surface area contributed by atoms with Gasteiger partial charge >= 0.3 is 5.97 Å². The molecule has 1 aliphatic heterocycles. The maximum Gasteiger partial charge on any atom is 0.305 e. The van der Waals surface area contributed by atoms with Crippen LogP contribution < -0.4 is 0 Å². The Kier molecular flexibility index (Phi) is 4.74. The molecule has 4 heteroatoms. The third kappa shape index (κ3) is 4.10. The van der Waals surface area contributed by atoms with Gasteiger partial charge in [0.05, 0.1) is 24.4 Å². The number of ether oxygens (including phenoxy) is 2. The zero-order chi connectivity index (χ0) is 12.2. The van der Waals surface area contributed by atoms with Gasteiger partial charge < -0.3 is 14.6 Å². The molecule has 0 saturated carbocycles. The summed E-state index contributed by atoms with van der Waals surface area (Å²) in [6, 6.07) is 0. The van der Waals surface area contributed by atoms with Crippen molar-refractivity contribution in [1.29, 1.82) is 0 Å². The Labute approximate surface area is 96.9 Å². The summed E-state index contributed by atoms with van der Waals surface area (Å²) in [5.41, 5.74) is -0.774. The van der Waals surface area contributed by atoms with Crippen LogP contribution in [0.3, 0.4) is 0 Å². The Bertz CT molecular complexity index is 229. The van der Waals surface area contributed by atoms with Crippen LogP contribution >= 0.6 is 0 Å². The molecule has 1 aliphatic rings. The molecule has 4 nitrogen and oxygen atoms in total. The molecule has 0 bridgehead atoms. The summed E-state index contributed by atoms with van der Waals surface area (Å²) in [6.07, 6.45) is 2.04. The predicted octanol–water partition coefficient (Wildman–Crippen LogP) is 1.65. The number of aliphatic hydroxyl groups is 1. The lowest BCUT2D eigenvalue weighted by Crippen LogP contribution is -2.43. The second-order valence-electron chi connectivity index (χ2n) is 4.69. The monoisotopic (exact) mass is 230 g/mol. The number of hydrogen-bond donors (Lipinski definition) is 1. The van der Waals surface area contributed by atoms with Gasteiger partial charge in [-0.2, -0.15) is 0 Å². The van der Waals surface area contributed by atoms with Crippen molar-refractivity contribution in [2.75, 3.05) is 6.61 Å². The van der Waals surface area contributed by atoms with Crippen molar-refractivity contribution in [3.8, 4) is 0 Å². The van der Waals surface area contributed by atoms with Crippen molar-refractivity contribution in [2.45, 2.75) is 64.3 Å². The van der Waals surface area contributed by atoms with E-state index in [4.69, 9.17) is 9.47 Å². The van der Waals surface area contributed by atoms with Crippen molar-refractivity contribution in [1.82, 2.24) is 0 Å². The summed E-state index contributed by atoms with van der Waals surface area (Å²) in [5.74, 6) is -0.234. The van der Waals surface area contributed by atoms with Gasteiger partial charge in [-0.25, -0.2) is 0 Å². The van der Waals surface area contributed by atoms with E-state index in [0.717, 1.165) is 0 Å². The lowest BCUT2D eigenvalue weighted by molar-refractivity contribution is -0.152. The largest absolute Gasteiger partial charge is 0.466 e. The molecule has 0 radical (unpaired) electrons. The number of rotatable bonds is 4. The summed E-state index contributed by atoms with van der Waals surface area (Å²) >= 11 is 0. The molecule has 1 heterocycles. The van der Waals surface area contributed by atoms with Gasteiger partial charge in [0.1, 0.15) is 0 Å². The molecule has 1 rings (SSSR count). The fourth-order valence-corrected chi connectivity index (χ4v) is 2.42. The van der Waals surface area contributed by atoms with Gasteiger partial charge in [-0.3, -0.25) is 4.79 Å². The van der Waals surface area contributed by atoms with Gasteiger partial charge in [0.15, 0.2) is 0 Å². The number of carbonyl (C=O) groups excluding carboxylic acids is 1. The Morgan fingerprint density at radius 3 is 2.50 bits per heavy atom. The lowest BCUT2D eigenvalue weighted by atomic mass is 9.84. The van der Waals surface area contributed by atoms with E-state index in [2.05, 4.69) is 0 Å². The number of hydrogen-bond acceptors (Lipinski definition) is 4. The molecule has 0 aromatic rings. The molecule has 0 amide bonds. The second-order valence-corrected chi connectivity index (χ2v) is 4.69. The molecule has 2 unspecified atom stereocenters. The Morgan fingerprint density at radius 2 is 2.00 bits per heavy atom. The zero-order valence-corrected chi connectivity index (χ0v) is 10.4. The summed E-state index contributed by atoms with van der Waals surface area (Å²) in [4.78, 5) is 11.2.